The number of ether oxygens (including phenoxy) is 1. The second-order valence-electron chi connectivity index (χ2n) is 8.30. The third-order valence-electron chi connectivity index (χ3n) is 6.25. The summed E-state index contributed by atoms with van der Waals surface area (Å²) in [4.78, 5) is 15.0. The minimum atomic E-state index is -0.0838. The predicted molar refractivity (Wildman–Crippen MR) is 106 cm³/mol. The second kappa shape index (κ2) is 8.14. The van der Waals surface area contributed by atoms with Crippen LogP contribution in [0.2, 0.25) is 0 Å². The van der Waals surface area contributed by atoms with Crippen molar-refractivity contribution in [1.29, 1.82) is 0 Å². The number of rotatable bonds is 4. The summed E-state index contributed by atoms with van der Waals surface area (Å²) in [5.74, 6) is 2.01. The Morgan fingerprint density at radius 3 is 2.97 bits per heavy atom. The number of nitrogens with zero attached hydrogens (tertiary/aromatic N) is 6. The number of hydrogen-bond acceptors (Lipinski definition) is 5. The summed E-state index contributed by atoms with van der Waals surface area (Å²) in [5, 5.41) is 16.3. The van der Waals surface area contributed by atoms with Crippen LogP contribution in [0.1, 0.15) is 62.6 Å². The maximum absolute atomic E-state index is 13.1. The molecule has 9 heteroatoms. The normalized spacial score (nSPS) is 24.5. The van der Waals surface area contributed by atoms with Crippen molar-refractivity contribution in [2.24, 2.45) is 0 Å². The number of piperidine rings is 1. The first-order valence-electron chi connectivity index (χ1n) is 10.9. The van der Waals surface area contributed by atoms with Gasteiger partial charge in [-0.05, 0) is 44.9 Å². The highest BCUT2D eigenvalue weighted by molar-refractivity contribution is 5.89. The van der Waals surface area contributed by atoms with E-state index in [0.717, 1.165) is 88.5 Å². The average molecular weight is 399 g/mol. The molecule has 2 aromatic rings. The fourth-order valence-electron chi connectivity index (χ4n) is 4.74. The number of nitrogens with one attached hydrogen (secondary N) is 1. The summed E-state index contributed by atoms with van der Waals surface area (Å²) < 4.78 is 9.76. The summed E-state index contributed by atoms with van der Waals surface area (Å²) >= 11 is 0. The number of anilines is 1. The molecule has 2 amide bonds. The maximum Gasteiger partial charge on any atom is 0.322 e. The van der Waals surface area contributed by atoms with Gasteiger partial charge >= 0.3 is 6.03 Å². The fourth-order valence-corrected chi connectivity index (χ4v) is 4.74. The molecule has 1 N–H and O–H groups in total. The summed E-state index contributed by atoms with van der Waals surface area (Å²) in [7, 11) is 0. The highest BCUT2D eigenvalue weighted by atomic mass is 16.5. The monoisotopic (exact) mass is 399 g/mol. The molecule has 0 saturated carbocycles. The van der Waals surface area contributed by atoms with Gasteiger partial charge in [0.25, 0.3) is 0 Å². The van der Waals surface area contributed by atoms with Gasteiger partial charge in [0.15, 0.2) is 5.82 Å². The van der Waals surface area contributed by atoms with Crippen LogP contribution in [-0.4, -0.2) is 54.7 Å². The zero-order chi connectivity index (χ0) is 19.6. The largest absolute Gasteiger partial charge is 0.376 e. The molecule has 2 atom stereocenters. The Balaban J connectivity index is 1.28. The molecular formula is C20H29N7O2. The van der Waals surface area contributed by atoms with Crippen molar-refractivity contribution in [3.8, 4) is 0 Å². The quantitative estimate of drug-likeness (QED) is 0.854. The first-order valence-corrected chi connectivity index (χ1v) is 10.9. The first kappa shape index (κ1) is 18.6. The standard InChI is InChI=1S/C20H29N7O2/c28-20(22-15-12-21-25(13-15)14-16-6-5-11-29-16)26-9-3-1-7-17(26)19-24-23-18-8-2-4-10-27(18)19/h12-13,16-17H,1-11,14H2,(H,22,28)/t16-,17-/m0/s1. The van der Waals surface area contributed by atoms with Gasteiger partial charge in [-0.2, -0.15) is 5.10 Å². The molecule has 0 aliphatic carbocycles. The summed E-state index contributed by atoms with van der Waals surface area (Å²) in [6.45, 7) is 3.26. The van der Waals surface area contributed by atoms with E-state index in [9.17, 15) is 4.79 Å². The zero-order valence-corrected chi connectivity index (χ0v) is 16.8. The van der Waals surface area contributed by atoms with Crippen molar-refractivity contribution in [2.75, 3.05) is 18.5 Å². The number of hydrogen-bond donors (Lipinski definition) is 1. The molecule has 5 heterocycles. The van der Waals surface area contributed by atoms with Crippen LogP contribution in [0.5, 0.6) is 0 Å². The predicted octanol–water partition coefficient (Wildman–Crippen LogP) is 2.75. The minimum absolute atomic E-state index is 0.00923. The lowest BCUT2D eigenvalue weighted by molar-refractivity contribution is 0.0940. The van der Waals surface area contributed by atoms with E-state index >= 15 is 0 Å². The van der Waals surface area contributed by atoms with E-state index in [-0.39, 0.29) is 18.2 Å². The van der Waals surface area contributed by atoms with Gasteiger partial charge in [0, 0.05) is 32.3 Å². The summed E-state index contributed by atoms with van der Waals surface area (Å²) in [6, 6.07) is -0.0930. The number of urea groups is 1. The van der Waals surface area contributed by atoms with E-state index < -0.39 is 0 Å². The molecule has 0 aromatic carbocycles. The molecule has 9 nitrogen and oxygen atoms in total. The maximum atomic E-state index is 13.1. The number of fused-ring (bicyclic) bond motifs is 1. The number of carbonyl (C=O) groups excluding carboxylic acids is 1. The van der Waals surface area contributed by atoms with Crippen molar-refractivity contribution < 1.29 is 9.53 Å². The van der Waals surface area contributed by atoms with Crippen molar-refractivity contribution in [2.45, 2.75) is 76.6 Å². The van der Waals surface area contributed by atoms with E-state index in [1.165, 1.54) is 6.42 Å². The number of likely N-dealkylation sites (tertiary alicyclic amines) is 1. The molecule has 0 spiro atoms. The first-order chi connectivity index (χ1) is 14.3. The summed E-state index contributed by atoms with van der Waals surface area (Å²) in [6.07, 6.45) is 12.4. The molecule has 29 heavy (non-hydrogen) atoms. The minimum Gasteiger partial charge on any atom is -0.376 e. The van der Waals surface area contributed by atoms with Gasteiger partial charge in [-0.1, -0.05) is 0 Å². The lowest BCUT2D eigenvalue weighted by Gasteiger charge is -2.35. The molecule has 0 unspecified atom stereocenters. The van der Waals surface area contributed by atoms with Crippen LogP contribution in [0, 0.1) is 0 Å². The molecule has 2 saturated heterocycles. The van der Waals surface area contributed by atoms with Crippen LogP contribution < -0.4 is 5.32 Å². The second-order valence-corrected chi connectivity index (χ2v) is 8.30. The van der Waals surface area contributed by atoms with Gasteiger partial charge in [-0.25, -0.2) is 4.79 Å². The number of amides is 2. The smallest absolute Gasteiger partial charge is 0.322 e. The van der Waals surface area contributed by atoms with E-state index in [2.05, 4.69) is 25.2 Å². The van der Waals surface area contributed by atoms with Crippen LogP contribution in [0.3, 0.4) is 0 Å². The highest BCUT2D eigenvalue weighted by Gasteiger charge is 2.33. The Bertz CT molecular complexity index is 855. The molecule has 0 bridgehead atoms. The van der Waals surface area contributed by atoms with Crippen molar-refractivity contribution in [3.63, 3.8) is 0 Å². The SMILES string of the molecule is O=C(Nc1cnn(C[C@@H]2CCCO2)c1)N1CCCC[C@H]1c1nnc2n1CCCC2. The van der Waals surface area contributed by atoms with Crippen LogP contribution >= 0.6 is 0 Å². The van der Waals surface area contributed by atoms with Crippen molar-refractivity contribution in [1.82, 2.24) is 29.4 Å². The van der Waals surface area contributed by atoms with Crippen molar-refractivity contribution >= 4 is 11.7 Å². The topological polar surface area (TPSA) is 90.1 Å². The highest BCUT2D eigenvalue weighted by Crippen LogP contribution is 2.32. The number of aryl methyl sites for hydroxylation is 1. The third-order valence-corrected chi connectivity index (χ3v) is 6.25. The molecule has 2 fully saturated rings. The van der Waals surface area contributed by atoms with E-state index in [0.29, 0.717) is 0 Å². The third kappa shape index (κ3) is 3.88. The van der Waals surface area contributed by atoms with E-state index in [1.54, 1.807) is 6.20 Å². The van der Waals surface area contributed by atoms with Crippen LogP contribution in [0.15, 0.2) is 12.4 Å². The Kier molecular flexibility index (Phi) is 5.22. The lowest BCUT2D eigenvalue weighted by atomic mass is 10.0. The molecule has 0 radical (unpaired) electrons. The average Bonchev–Trinajstić information content (AvgIpc) is 3.50. The van der Waals surface area contributed by atoms with Crippen LogP contribution in [0.4, 0.5) is 10.5 Å². The molecule has 3 aliphatic rings. The Morgan fingerprint density at radius 2 is 2.07 bits per heavy atom. The van der Waals surface area contributed by atoms with E-state index in [1.807, 2.05) is 15.8 Å². The number of aromatic nitrogens is 5. The Labute approximate surface area is 170 Å². The van der Waals surface area contributed by atoms with Crippen molar-refractivity contribution in [3.05, 3.63) is 24.0 Å². The summed E-state index contributed by atoms with van der Waals surface area (Å²) in [5.41, 5.74) is 0.723. The lowest BCUT2D eigenvalue weighted by Crippen LogP contribution is -2.42. The van der Waals surface area contributed by atoms with Gasteiger partial charge in [0.05, 0.1) is 30.6 Å². The van der Waals surface area contributed by atoms with Gasteiger partial charge in [-0.3, -0.25) is 4.68 Å². The Hall–Kier alpha value is -2.42. The molecule has 2 aromatic heterocycles. The van der Waals surface area contributed by atoms with Crippen LogP contribution in [0.25, 0.3) is 0 Å². The zero-order valence-electron chi connectivity index (χ0n) is 16.8. The van der Waals surface area contributed by atoms with E-state index in [4.69, 9.17) is 4.74 Å². The molecule has 3 aliphatic heterocycles. The Morgan fingerprint density at radius 1 is 1.14 bits per heavy atom. The van der Waals surface area contributed by atoms with Crippen LogP contribution in [-0.2, 0) is 24.2 Å². The molecule has 156 valence electrons. The van der Waals surface area contributed by atoms with Gasteiger partial charge in [-0.15, -0.1) is 10.2 Å². The molecule has 5 rings (SSSR count). The van der Waals surface area contributed by atoms with Gasteiger partial charge < -0.3 is 19.5 Å². The van der Waals surface area contributed by atoms with Gasteiger partial charge in [0.1, 0.15) is 5.82 Å². The molecular weight excluding hydrogens is 370 g/mol. The fraction of sp³-hybridized carbons (Fsp3) is 0.700. The van der Waals surface area contributed by atoms with Gasteiger partial charge in [0.2, 0.25) is 0 Å². The number of carbonyl (C=O) groups is 1.